The van der Waals surface area contributed by atoms with Crippen molar-refractivity contribution in [2.45, 2.75) is 37.5 Å². The fraction of sp³-hybridized carbons (Fsp3) is 0.294. The maximum atomic E-state index is 4.49. The molecule has 1 aromatic rings. The molecule has 1 aromatic carbocycles. The molecule has 0 spiro atoms. The van der Waals surface area contributed by atoms with Gasteiger partial charge in [-0.3, -0.25) is 0 Å². The Labute approximate surface area is 115 Å². The van der Waals surface area contributed by atoms with Gasteiger partial charge >= 0.3 is 0 Å². The van der Waals surface area contributed by atoms with Gasteiger partial charge in [-0.15, -0.1) is 12.6 Å². The van der Waals surface area contributed by atoms with E-state index in [4.69, 9.17) is 0 Å². The molecule has 0 N–H and O–H groups in total. The van der Waals surface area contributed by atoms with Crippen LogP contribution in [0, 0.1) is 0 Å². The van der Waals surface area contributed by atoms with E-state index in [1.807, 2.05) is 0 Å². The van der Waals surface area contributed by atoms with E-state index >= 15 is 0 Å². The van der Waals surface area contributed by atoms with Crippen LogP contribution in [0.3, 0.4) is 0 Å². The van der Waals surface area contributed by atoms with E-state index in [1.54, 1.807) is 5.57 Å². The molecule has 2 aliphatic carbocycles. The van der Waals surface area contributed by atoms with E-state index in [9.17, 15) is 0 Å². The zero-order valence-electron chi connectivity index (χ0n) is 10.7. The lowest BCUT2D eigenvalue weighted by Crippen LogP contribution is -1.93. The van der Waals surface area contributed by atoms with E-state index in [2.05, 4.69) is 56.0 Å². The summed E-state index contributed by atoms with van der Waals surface area (Å²) >= 11 is 4.49. The van der Waals surface area contributed by atoms with Crippen molar-refractivity contribution in [2.24, 2.45) is 0 Å². The third-order valence-electron chi connectivity index (χ3n) is 3.88. The molecule has 92 valence electrons. The van der Waals surface area contributed by atoms with Crippen molar-refractivity contribution in [3.05, 3.63) is 58.7 Å². The fourth-order valence-corrected chi connectivity index (χ4v) is 3.18. The average Bonchev–Trinajstić information content (AvgIpc) is 2.77. The Hall–Kier alpha value is -1.21. The molecule has 0 atom stereocenters. The molecule has 1 heteroatoms. The summed E-state index contributed by atoms with van der Waals surface area (Å²) in [7, 11) is 0. The highest BCUT2D eigenvalue weighted by Gasteiger charge is 2.23. The van der Waals surface area contributed by atoms with E-state index in [-0.39, 0.29) is 0 Å². The van der Waals surface area contributed by atoms with Gasteiger partial charge in [0.05, 0.1) is 0 Å². The van der Waals surface area contributed by atoms with Crippen molar-refractivity contribution < 1.29 is 0 Å². The Balaban J connectivity index is 2.13. The van der Waals surface area contributed by atoms with Crippen LogP contribution >= 0.6 is 12.6 Å². The second-order valence-electron chi connectivity index (χ2n) is 5.01. The maximum Gasteiger partial charge on any atom is 0.00463 e. The van der Waals surface area contributed by atoms with E-state index < -0.39 is 0 Å². The first-order chi connectivity index (χ1) is 8.79. The zero-order chi connectivity index (χ0) is 12.5. The third kappa shape index (κ3) is 1.97. The minimum Gasteiger partial charge on any atom is -0.143 e. The highest BCUT2D eigenvalue weighted by Crippen LogP contribution is 2.41. The molecule has 0 aliphatic heterocycles. The highest BCUT2D eigenvalue weighted by molar-refractivity contribution is 7.80. The molecule has 0 nitrogen and oxygen atoms in total. The molecule has 0 saturated heterocycles. The van der Waals surface area contributed by atoms with Crippen LogP contribution < -0.4 is 0 Å². The molecular formula is C17H18S. The highest BCUT2D eigenvalue weighted by atomic mass is 32.1. The van der Waals surface area contributed by atoms with Crippen LogP contribution in [0.15, 0.2) is 52.5 Å². The molecule has 2 aliphatic rings. The lowest BCUT2D eigenvalue weighted by Gasteiger charge is -2.14. The molecular weight excluding hydrogens is 236 g/mol. The monoisotopic (exact) mass is 254 g/mol. The van der Waals surface area contributed by atoms with Crippen LogP contribution in [-0.2, 0) is 6.42 Å². The predicted octanol–water partition coefficient (Wildman–Crippen LogP) is 4.97. The summed E-state index contributed by atoms with van der Waals surface area (Å²) in [5.41, 5.74) is 7.49. The number of allylic oxidation sites excluding steroid dienone is 6. The van der Waals surface area contributed by atoms with Gasteiger partial charge in [-0.1, -0.05) is 36.8 Å². The van der Waals surface area contributed by atoms with E-state index in [0.717, 1.165) is 17.7 Å². The molecule has 0 bridgehead atoms. The molecule has 0 unspecified atom stereocenters. The van der Waals surface area contributed by atoms with Gasteiger partial charge in [-0.2, -0.15) is 0 Å². The summed E-state index contributed by atoms with van der Waals surface area (Å²) in [5, 5.41) is 0. The standard InChI is InChI=1S/C17H18S/c1-2-12-10-14-8-9-15(18)11-16(14)17(12)13-6-4-3-5-7-13/h3-4,6,8-9,11,18H,2,5,7,10H2,1H3. The second kappa shape index (κ2) is 4.81. The molecule has 0 amide bonds. The predicted molar refractivity (Wildman–Crippen MR) is 81.1 cm³/mol. The molecule has 3 rings (SSSR count). The summed E-state index contributed by atoms with van der Waals surface area (Å²) in [4.78, 5) is 1.07. The number of hydrogen-bond acceptors (Lipinski definition) is 1. The number of rotatable bonds is 2. The van der Waals surface area contributed by atoms with Crippen molar-refractivity contribution in [1.82, 2.24) is 0 Å². The van der Waals surface area contributed by atoms with Crippen molar-refractivity contribution in [1.29, 1.82) is 0 Å². The number of benzene rings is 1. The molecule has 0 saturated carbocycles. The minimum atomic E-state index is 1.07. The first-order valence-corrected chi connectivity index (χ1v) is 7.14. The SMILES string of the molecule is CCC1=C(C2=CC=CCC2)c2cc(S)ccc2C1. The van der Waals surface area contributed by atoms with Gasteiger partial charge in [0.2, 0.25) is 0 Å². The lowest BCUT2D eigenvalue weighted by molar-refractivity contribution is 0.983. The van der Waals surface area contributed by atoms with Crippen LogP contribution in [0.1, 0.15) is 37.3 Å². The van der Waals surface area contributed by atoms with E-state index in [1.165, 1.54) is 35.1 Å². The van der Waals surface area contributed by atoms with Crippen LogP contribution in [0.25, 0.3) is 5.57 Å². The van der Waals surface area contributed by atoms with Crippen LogP contribution in [-0.4, -0.2) is 0 Å². The number of fused-ring (bicyclic) bond motifs is 1. The summed E-state index contributed by atoms with van der Waals surface area (Å²) in [6.45, 7) is 2.27. The largest absolute Gasteiger partial charge is 0.143 e. The van der Waals surface area contributed by atoms with Gasteiger partial charge < -0.3 is 0 Å². The van der Waals surface area contributed by atoms with Gasteiger partial charge in [0.1, 0.15) is 0 Å². The molecule has 18 heavy (non-hydrogen) atoms. The van der Waals surface area contributed by atoms with Crippen molar-refractivity contribution >= 4 is 18.2 Å². The van der Waals surface area contributed by atoms with E-state index in [0.29, 0.717) is 0 Å². The van der Waals surface area contributed by atoms with Crippen molar-refractivity contribution in [3.8, 4) is 0 Å². The molecule has 0 heterocycles. The maximum absolute atomic E-state index is 4.49. The molecule has 0 fully saturated rings. The van der Waals surface area contributed by atoms with Crippen LogP contribution in [0.2, 0.25) is 0 Å². The summed E-state index contributed by atoms with van der Waals surface area (Å²) in [5.74, 6) is 0. The number of hydrogen-bond donors (Lipinski definition) is 1. The van der Waals surface area contributed by atoms with Crippen LogP contribution in [0.5, 0.6) is 0 Å². The third-order valence-corrected chi connectivity index (χ3v) is 4.16. The minimum absolute atomic E-state index is 1.07. The first-order valence-electron chi connectivity index (χ1n) is 6.70. The molecule has 0 radical (unpaired) electrons. The summed E-state index contributed by atoms with van der Waals surface area (Å²) in [6, 6.07) is 6.57. The van der Waals surface area contributed by atoms with Crippen molar-refractivity contribution in [3.63, 3.8) is 0 Å². The lowest BCUT2D eigenvalue weighted by atomic mass is 9.91. The normalized spacial score (nSPS) is 18.0. The topological polar surface area (TPSA) is 0 Å². The Morgan fingerprint density at radius 1 is 1.28 bits per heavy atom. The van der Waals surface area contributed by atoms with Crippen LogP contribution in [0.4, 0.5) is 0 Å². The van der Waals surface area contributed by atoms with Crippen molar-refractivity contribution in [2.75, 3.05) is 0 Å². The van der Waals surface area contributed by atoms with Gasteiger partial charge in [0, 0.05) is 4.90 Å². The smallest absolute Gasteiger partial charge is 0.00463 e. The van der Waals surface area contributed by atoms with Gasteiger partial charge in [0.25, 0.3) is 0 Å². The number of thiol groups is 1. The Kier molecular flexibility index (Phi) is 3.17. The zero-order valence-corrected chi connectivity index (χ0v) is 11.6. The average molecular weight is 254 g/mol. The van der Waals surface area contributed by atoms with Gasteiger partial charge in [-0.05, 0) is 60.1 Å². The Morgan fingerprint density at radius 2 is 2.17 bits per heavy atom. The fourth-order valence-electron chi connectivity index (χ4n) is 2.97. The molecule has 0 aromatic heterocycles. The Morgan fingerprint density at radius 3 is 2.89 bits per heavy atom. The van der Waals surface area contributed by atoms with Gasteiger partial charge in [-0.25, -0.2) is 0 Å². The second-order valence-corrected chi connectivity index (χ2v) is 5.53. The first kappa shape index (κ1) is 11.9. The summed E-state index contributed by atoms with van der Waals surface area (Å²) < 4.78 is 0. The Bertz CT molecular complexity index is 573. The van der Waals surface area contributed by atoms with Gasteiger partial charge in [0.15, 0.2) is 0 Å². The quantitative estimate of drug-likeness (QED) is 0.708. The summed E-state index contributed by atoms with van der Waals surface area (Å²) in [6.07, 6.45) is 11.3.